The second kappa shape index (κ2) is 15.7. The first-order chi connectivity index (χ1) is 27.5. The molecule has 0 aliphatic carbocycles. The second-order valence-corrected chi connectivity index (χ2v) is 15.8. The monoisotopic (exact) mass is 769 g/mol. The number of piperidine rings is 1. The largest absolute Gasteiger partial charge is 0.344 e. The van der Waals surface area contributed by atoms with Crippen LogP contribution in [0.4, 0.5) is 14.9 Å². The van der Waals surface area contributed by atoms with Crippen molar-refractivity contribution < 1.29 is 23.3 Å². The van der Waals surface area contributed by atoms with Gasteiger partial charge < -0.3 is 14.7 Å². The van der Waals surface area contributed by atoms with Gasteiger partial charge in [-0.05, 0) is 79.2 Å². The molecule has 0 bridgehead atoms. The van der Waals surface area contributed by atoms with Crippen LogP contribution in [0.2, 0.25) is 0 Å². The topological polar surface area (TPSA) is 162 Å². The Morgan fingerprint density at radius 1 is 0.947 bits per heavy atom. The number of fused-ring (bicyclic) bond motifs is 1. The molecular formula is C43H44FN9O4. The van der Waals surface area contributed by atoms with Crippen molar-refractivity contribution in [2.75, 3.05) is 31.1 Å². The normalized spacial score (nSPS) is 15.6. The van der Waals surface area contributed by atoms with E-state index in [1.165, 1.54) is 17.2 Å². The third-order valence-corrected chi connectivity index (χ3v) is 10.8. The molecule has 57 heavy (non-hydrogen) atoms. The predicted molar refractivity (Wildman–Crippen MR) is 213 cm³/mol. The number of likely N-dealkylation sites (tertiary alicyclic amines) is 1. The van der Waals surface area contributed by atoms with Gasteiger partial charge in [-0.3, -0.25) is 24.9 Å². The standard InChI is InChI=1S/C43H44FN9O4/c1-43(2,3)41-48-40(57-51-41)39(55)46-24-31-11-10-30(23-35(31)44)37-34-22-32(25-45-38(34)50-49-37)28-8-6-27(7-9-28)29-15-19-52(20-16-29)18-14-26-4-12-33(13-5-26)53-21-17-36(54)47-42(53)56/h4-13,22-23,25,29H,14-21,24H2,1-3H3,(H,46,55)(H,45,49,50)(H,47,54,56). The number of pyridine rings is 1. The SMILES string of the molecule is CC(C)(C)c1noc(C(=O)NCc2ccc(-c3[nH]nc4ncc(-c5ccc(C6CCN(CCc7ccc(N8CCC(=O)NC8=O)cc7)CC6)cc5)cc34)cc2F)n1. The number of rotatable bonds is 10. The Balaban J connectivity index is 0.854. The molecule has 0 unspecified atom stereocenters. The number of urea groups is 1. The number of amides is 4. The van der Waals surface area contributed by atoms with Crippen LogP contribution >= 0.6 is 0 Å². The van der Waals surface area contributed by atoms with E-state index >= 15 is 4.39 Å². The van der Waals surface area contributed by atoms with Gasteiger partial charge in [0.2, 0.25) is 5.91 Å². The Bertz CT molecular complexity index is 2430. The van der Waals surface area contributed by atoms with Crippen molar-refractivity contribution in [1.82, 2.24) is 40.9 Å². The van der Waals surface area contributed by atoms with Crippen LogP contribution in [0.15, 0.2) is 83.5 Å². The summed E-state index contributed by atoms with van der Waals surface area (Å²) in [4.78, 5) is 49.1. The first-order valence-corrected chi connectivity index (χ1v) is 19.3. The van der Waals surface area contributed by atoms with Crippen LogP contribution in [0.25, 0.3) is 33.4 Å². The van der Waals surface area contributed by atoms with Gasteiger partial charge in [0.15, 0.2) is 11.5 Å². The van der Waals surface area contributed by atoms with Crippen molar-refractivity contribution in [3.05, 3.63) is 113 Å². The van der Waals surface area contributed by atoms with Gasteiger partial charge in [0, 0.05) is 65.4 Å². The van der Waals surface area contributed by atoms with E-state index in [0.717, 1.165) is 61.1 Å². The van der Waals surface area contributed by atoms with E-state index in [4.69, 9.17) is 4.52 Å². The van der Waals surface area contributed by atoms with E-state index in [0.29, 0.717) is 47.2 Å². The summed E-state index contributed by atoms with van der Waals surface area (Å²) in [7, 11) is 0. The molecule has 0 spiro atoms. The number of halogens is 1. The number of hydrogen-bond acceptors (Lipinski definition) is 9. The lowest BCUT2D eigenvalue weighted by Gasteiger charge is -2.32. The van der Waals surface area contributed by atoms with E-state index in [-0.39, 0.29) is 29.8 Å². The number of benzene rings is 3. The second-order valence-electron chi connectivity index (χ2n) is 15.8. The summed E-state index contributed by atoms with van der Waals surface area (Å²) in [5.74, 6) is -0.535. The summed E-state index contributed by atoms with van der Waals surface area (Å²) in [6.07, 6.45) is 5.23. The van der Waals surface area contributed by atoms with Crippen LogP contribution < -0.4 is 15.5 Å². The van der Waals surface area contributed by atoms with Crippen LogP contribution in [0.1, 0.15) is 79.2 Å². The highest BCUT2D eigenvalue weighted by atomic mass is 19.1. The molecule has 292 valence electrons. The molecule has 4 amide bonds. The predicted octanol–water partition coefficient (Wildman–Crippen LogP) is 6.91. The number of imide groups is 1. The minimum absolute atomic E-state index is 0.0481. The smallest absolute Gasteiger partial charge is 0.328 e. The fraction of sp³-hybridized carbons (Fsp3) is 0.326. The molecule has 2 aliphatic heterocycles. The van der Waals surface area contributed by atoms with Crippen molar-refractivity contribution in [3.63, 3.8) is 0 Å². The molecule has 14 heteroatoms. The summed E-state index contributed by atoms with van der Waals surface area (Å²) in [5.41, 5.74) is 7.05. The van der Waals surface area contributed by atoms with Gasteiger partial charge >= 0.3 is 17.8 Å². The number of nitrogens with one attached hydrogen (secondary N) is 3. The van der Waals surface area contributed by atoms with Gasteiger partial charge in [0.05, 0.1) is 5.69 Å². The van der Waals surface area contributed by atoms with Crippen LogP contribution in [0, 0.1) is 5.82 Å². The lowest BCUT2D eigenvalue weighted by Crippen LogP contribution is -2.49. The van der Waals surface area contributed by atoms with Crippen molar-refractivity contribution in [2.45, 2.75) is 64.3 Å². The fourth-order valence-electron chi connectivity index (χ4n) is 7.37. The summed E-state index contributed by atoms with van der Waals surface area (Å²) in [6.45, 7) is 9.14. The zero-order valence-electron chi connectivity index (χ0n) is 32.1. The molecule has 2 aliphatic rings. The number of anilines is 1. The lowest BCUT2D eigenvalue weighted by molar-refractivity contribution is -0.120. The zero-order chi connectivity index (χ0) is 39.7. The molecule has 3 N–H and O–H groups in total. The van der Waals surface area contributed by atoms with Crippen molar-refractivity contribution >= 4 is 34.6 Å². The quantitative estimate of drug-likeness (QED) is 0.134. The highest BCUT2D eigenvalue weighted by Crippen LogP contribution is 2.33. The maximum Gasteiger partial charge on any atom is 0.328 e. The highest BCUT2D eigenvalue weighted by Gasteiger charge is 2.26. The van der Waals surface area contributed by atoms with Gasteiger partial charge in [-0.1, -0.05) is 74.5 Å². The molecule has 5 heterocycles. The number of aromatic amines is 1. The van der Waals surface area contributed by atoms with Crippen molar-refractivity contribution in [1.29, 1.82) is 0 Å². The van der Waals surface area contributed by atoms with Gasteiger partial charge in [-0.15, -0.1) is 0 Å². The minimum Gasteiger partial charge on any atom is -0.344 e. The Hall–Kier alpha value is -6.28. The van der Waals surface area contributed by atoms with Crippen molar-refractivity contribution in [2.24, 2.45) is 0 Å². The lowest BCUT2D eigenvalue weighted by atomic mass is 9.88. The Labute approximate surface area is 329 Å². The van der Waals surface area contributed by atoms with Gasteiger partial charge in [0.25, 0.3) is 0 Å². The maximum absolute atomic E-state index is 15.3. The van der Waals surface area contributed by atoms with Crippen molar-refractivity contribution in [3.8, 4) is 22.4 Å². The average Bonchev–Trinajstić information content (AvgIpc) is 3.89. The van der Waals surface area contributed by atoms with Crippen LogP contribution in [-0.4, -0.2) is 74.2 Å². The molecular weight excluding hydrogens is 726 g/mol. The number of aromatic nitrogens is 5. The third-order valence-electron chi connectivity index (χ3n) is 10.8. The first kappa shape index (κ1) is 37.6. The minimum atomic E-state index is -0.571. The summed E-state index contributed by atoms with van der Waals surface area (Å²) in [6, 6.07) is 23.3. The van der Waals surface area contributed by atoms with Crippen LogP contribution in [-0.2, 0) is 23.2 Å². The molecule has 3 aromatic carbocycles. The van der Waals surface area contributed by atoms with E-state index in [1.807, 2.05) is 39.0 Å². The highest BCUT2D eigenvalue weighted by molar-refractivity contribution is 6.05. The molecule has 0 saturated carbocycles. The Morgan fingerprint density at radius 2 is 1.70 bits per heavy atom. The van der Waals surface area contributed by atoms with E-state index < -0.39 is 11.7 Å². The molecule has 8 rings (SSSR count). The molecule has 2 saturated heterocycles. The van der Waals surface area contributed by atoms with E-state index in [1.54, 1.807) is 23.2 Å². The molecule has 3 aromatic heterocycles. The van der Waals surface area contributed by atoms with Gasteiger partial charge in [0.1, 0.15) is 5.82 Å². The van der Waals surface area contributed by atoms with E-state index in [2.05, 4.69) is 77.3 Å². The summed E-state index contributed by atoms with van der Waals surface area (Å²) < 4.78 is 20.4. The summed E-state index contributed by atoms with van der Waals surface area (Å²) >= 11 is 0. The third kappa shape index (κ3) is 8.31. The number of H-pyrrole nitrogens is 1. The van der Waals surface area contributed by atoms with Gasteiger partial charge in [-0.2, -0.15) is 10.1 Å². The molecule has 0 atom stereocenters. The number of carbonyl (C=O) groups excluding carboxylic acids is 3. The Kier molecular flexibility index (Phi) is 10.4. The number of hydrogen-bond donors (Lipinski definition) is 3. The first-order valence-electron chi connectivity index (χ1n) is 19.3. The number of nitrogens with zero attached hydrogens (tertiary/aromatic N) is 6. The maximum atomic E-state index is 15.3. The average molecular weight is 770 g/mol. The summed E-state index contributed by atoms with van der Waals surface area (Å²) in [5, 5.41) is 17.1. The van der Waals surface area contributed by atoms with Crippen LogP contribution in [0.5, 0.6) is 0 Å². The molecule has 2 fully saturated rings. The van der Waals surface area contributed by atoms with E-state index in [9.17, 15) is 14.4 Å². The van der Waals surface area contributed by atoms with Crippen LogP contribution in [0.3, 0.4) is 0 Å². The fourth-order valence-corrected chi connectivity index (χ4v) is 7.37. The number of carbonyl (C=O) groups is 3. The molecule has 13 nitrogen and oxygen atoms in total. The zero-order valence-corrected chi connectivity index (χ0v) is 32.1. The molecule has 6 aromatic rings. The molecule has 0 radical (unpaired) electrons. The Morgan fingerprint density at radius 3 is 2.40 bits per heavy atom. The van der Waals surface area contributed by atoms with Gasteiger partial charge in [-0.25, -0.2) is 14.2 Å².